The van der Waals surface area contributed by atoms with Gasteiger partial charge in [-0.15, -0.1) is 0 Å². The van der Waals surface area contributed by atoms with Gasteiger partial charge in [0, 0.05) is 29.2 Å². The molecule has 3 rings (SSSR count). The first-order chi connectivity index (χ1) is 10.3. The molecule has 0 saturated carbocycles. The molecule has 1 heterocycles. The number of nitrogens with one attached hydrogen (secondary N) is 1. The highest BCUT2D eigenvalue weighted by atomic mass is 35.5. The van der Waals surface area contributed by atoms with Crippen LogP contribution >= 0.6 is 11.6 Å². The van der Waals surface area contributed by atoms with Crippen molar-refractivity contribution in [2.45, 2.75) is 13.0 Å². The lowest BCUT2D eigenvalue weighted by molar-refractivity contribution is 0.306. The molecular formula is C17H17ClN2O. The van der Waals surface area contributed by atoms with Crippen LogP contribution in [0.1, 0.15) is 17.5 Å². The molecule has 0 unspecified atom stereocenters. The summed E-state index contributed by atoms with van der Waals surface area (Å²) < 4.78 is 5.84. The molecule has 3 nitrogen and oxygen atoms in total. The molecule has 21 heavy (non-hydrogen) atoms. The van der Waals surface area contributed by atoms with Crippen LogP contribution in [0.2, 0.25) is 5.02 Å². The van der Waals surface area contributed by atoms with E-state index in [1.54, 1.807) is 0 Å². The van der Waals surface area contributed by atoms with E-state index in [0.717, 1.165) is 42.2 Å². The zero-order valence-electron chi connectivity index (χ0n) is 11.7. The second kappa shape index (κ2) is 6.64. The van der Waals surface area contributed by atoms with Crippen molar-refractivity contribution in [3.05, 3.63) is 64.7 Å². The number of amidine groups is 1. The minimum atomic E-state index is 0.512. The molecule has 0 radical (unpaired) electrons. The van der Waals surface area contributed by atoms with Crippen molar-refractivity contribution in [3.8, 4) is 5.75 Å². The van der Waals surface area contributed by atoms with Crippen molar-refractivity contribution in [2.75, 3.05) is 13.1 Å². The van der Waals surface area contributed by atoms with Crippen LogP contribution in [0, 0.1) is 0 Å². The van der Waals surface area contributed by atoms with Gasteiger partial charge in [0.25, 0.3) is 0 Å². The second-order valence-corrected chi connectivity index (χ2v) is 5.35. The number of hydrogen-bond acceptors (Lipinski definition) is 3. The Morgan fingerprint density at radius 1 is 1.10 bits per heavy atom. The van der Waals surface area contributed by atoms with E-state index in [9.17, 15) is 0 Å². The monoisotopic (exact) mass is 300 g/mol. The largest absolute Gasteiger partial charge is 0.489 e. The molecule has 0 amide bonds. The van der Waals surface area contributed by atoms with E-state index in [4.69, 9.17) is 16.3 Å². The third kappa shape index (κ3) is 3.56. The number of halogens is 1. The number of nitrogens with zero attached hydrogens (tertiary/aromatic N) is 1. The summed E-state index contributed by atoms with van der Waals surface area (Å²) in [6.45, 7) is 2.37. The Morgan fingerprint density at radius 2 is 1.90 bits per heavy atom. The van der Waals surface area contributed by atoms with Crippen molar-refractivity contribution in [1.82, 2.24) is 5.32 Å². The third-order valence-electron chi connectivity index (χ3n) is 3.38. The summed E-state index contributed by atoms with van der Waals surface area (Å²) in [5.74, 6) is 1.78. The van der Waals surface area contributed by atoms with Gasteiger partial charge in [-0.2, -0.15) is 0 Å². The summed E-state index contributed by atoms with van der Waals surface area (Å²) in [5.41, 5.74) is 2.24. The molecule has 4 heteroatoms. The van der Waals surface area contributed by atoms with Gasteiger partial charge in [-0.3, -0.25) is 4.99 Å². The number of ether oxygens (including phenoxy) is 1. The highest BCUT2D eigenvalue weighted by molar-refractivity contribution is 6.30. The van der Waals surface area contributed by atoms with Gasteiger partial charge in [0.15, 0.2) is 0 Å². The Balaban J connectivity index is 1.76. The zero-order chi connectivity index (χ0) is 14.5. The molecule has 2 aromatic carbocycles. The van der Waals surface area contributed by atoms with Crippen molar-refractivity contribution in [3.63, 3.8) is 0 Å². The van der Waals surface area contributed by atoms with Crippen LogP contribution in [-0.4, -0.2) is 18.9 Å². The first kappa shape index (κ1) is 14.0. The molecule has 1 aliphatic heterocycles. The highest BCUT2D eigenvalue weighted by Crippen LogP contribution is 2.18. The quantitative estimate of drug-likeness (QED) is 0.935. The van der Waals surface area contributed by atoms with Crippen LogP contribution in [0.25, 0.3) is 0 Å². The molecule has 1 aliphatic rings. The summed E-state index contributed by atoms with van der Waals surface area (Å²) in [6.07, 6.45) is 1.09. The summed E-state index contributed by atoms with van der Waals surface area (Å²) >= 11 is 5.88. The average Bonchev–Trinajstić information content (AvgIpc) is 2.55. The van der Waals surface area contributed by atoms with E-state index in [0.29, 0.717) is 11.6 Å². The van der Waals surface area contributed by atoms with Crippen LogP contribution in [0.15, 0.2) is 53.5 Å². The van der Waals surface area contributed by atoms with Gasteiger partial charge in [-0.1, -0.05) is 35.9 Å². The Hall–Kier alpha value is -2.00. The maximum Gasteiger partial charge on any atom is 0.128 e. The Morgan fingerprint density at radius 3 is 2.67 bits per heavy atom. The summed E-state index contributed by atoms with van der Waals surface area (Å²) in [6, 6.07) is 15.6. The topological polar surface area (TPSA) is 33.6 Å². The maximum atomic E-state index is 5.88. The first-order valence-electron chi connectivity index (χ1n) is 7.08. The van der Waals surface area contributed by atoms with Crippen molar-refractivity contribution >= 4 is 17.4 Å². The molecule has 0 fully saturated rings. The molecule has 108 valence electrons. The fourth-order valence-corrected chi connectivity index (χ4v) is 2.41. The van der Waals surface area contributed by atoms with Crippen LogP contribution < -0.4 is 10.1 Å². The van der Waals surface area contributed by atoms with E-state index in [1.807, 2.05) is 36.4 Å². The van der Waals surface area contributed by atoms with E-state index in [-0.39, 0.29) is 0 Å². The van der Waals surface area contributed by atoms with E-state index >= 15 is 0 Å². The Kier molecular flexibility index (Phi) is 4.41. The van der Waals surface area contributed by atoms with Crippen LogP contribution in [-0.2, 0) is 6.61 Å². The number of benzene rings is 2. The Labute approximate surface area is 129 Å². The fraction of sp³-hybridized carbons (Fsp3) is 0.235. The van der Waals surface area contributed by atoms with Gasteiger partial charge in [-0.05, 0) is 30.7 Å². The molecule has 0 aliphatic carbocycles. The zero-order valence-corrected chi connectivity index (χ0v) is 12.4. The molecule has 1 N–H and O–H groups in total. The highest BCUT2D eigenvalue weighted by Gasteiger charge is 2.11. The van der Waals surface area contributed by atoms with Crippen LogP contribution in [0.4, 0.5) is 0 Å². The van der Waals surface area contributed by atoms with Crippen molar-refractivity contribution in [2.24, 2.45) is 4.99 Å². The summed E-state index contributed by atoms with van der Waals surface area (Å²) in [5, 5.41) is 4.07. The van der Waals surface area contributed by atoms with E-state index < -0.39 is 0 Å². The lowest BCUT2D eigenvalue weighted by atomic mass is 10.1. The standard InChI is InChI=1S/C17H17ClN2O/c18-14-6-8-15(9-7-14)21-12-13-4-1-2-5-16(13)17-19-10-3-11-20-17/h1-2,4-9H,3,10-12H2,(H,19,20). The Bertz CT molecular complexity index is 637. The minimum Gasteiger partial charge on any atom is -0.489 e. The molecule has 0 saturated heterocycles. The van der Waals surface area contributed by atoms with Gasteiger partial charge >= 0.3 is 0 Å². The predicted molar refractivity (Wildman–Crippen MR) is 86.2 cm³/mol. The van der Waals surface area contributed by atoms with Crippen molar-refractivity contribution < 1.29 is 4.74 Å². The first-order valence-corrected chi connectivity index (χ1v) is 7.46. The van der Waals surface area contributed by atoms with Gasteiger partial charge < -0.3 is 10.1 Å². The van der Waals surface area contributed by atoms with Crippen molar-refractivity contribution in [1.29, 1.82) is 0 Å². The maximum absolute atomic E-state index is 5.88. The number of aliphatic imine (C=N–C) groups is 1. The number of hydrogen-bond donors (Lipinski definition) is 1. The molecule has 2 aromatic rings. The minimum absolute atomic E-state index is 0.512. The van der Waals surface area contributed by atoms with Crippen LogP contribution in [0.3, 0.4) is 0 Å². The lowest BCUT2D eigenvalue weighted by Crippen LogP contribution is -2.31. The van der Waals surface area contributed by atoms with Gasteiger partial charge in [0.05, 0.1) is 0 Å². The molecule has 0 bridgehead atoms. The van der Waals surface area contributed by atoms with E-state index in [2.05, 4.69) is 22.4 Å². The molecule has 0 atom stereocenters. The molecule has 0 aromatic heterocycles. The number of rotatable bonds is 4. The molecule has 0 spiro atoms. The summed E-state index contributed by atoms with van der Waals surface area (Å²) in [7, 11) is 0. The smallest absolute Gasteiger partial charge is 0.128 e. The van der Waals surface area contributed by atoms with Gasteiger partial charge in [-0.25, -0.2) is 0 Å². The SMILES string of the molecule is Clc1ccc(OCc2ccccc2C2=NCCCN2)cc1. The summed E-state index contributed by atoms with van der Waals surface area (Å²) in [4.78, 5) is 4.56. The third-order valence-corrected chi connectivity index (χ3v) is 3.63. The van der Waals surface area contributed by atoms with E-state index in [1.165, 1.54) is 0 Å². The predicted octanol–water partition coefficient (Wildman–Crippen LogP) is 3.66. The fourth-order valence-electron chi connectivity index (χ4n) is 2.28. The second-order valence-electron chi connectivity index (χ2n) is 4.91. The molecular weight excluding hydrogens is 284 g/mol. The van der Waals surface area contributed by atoms with Gasteiger partial charge in [0.2, 0.25) is 0 Å². The van der Waals surface area contributed by atoms with Gasteiger partial charge in [0.1, 0.15) is 18.2 Å². The normalized spacial score (nSPS) is 14.2. The average molecular weight is 301 g/mol. The lowest BCUT2D eigenvalue weighted by Gasteiger charge is -2.17. The van der Waals surface area contributed by atoms with Crippen LogP contribution in [0.5, 0.6) is 5.75 Å².